The number of aromatic amines is 1. The van der Waals surface area contributed by atoms with Gasteiger partial charge in [-0.1, -0.05) is 44.2 Å². The molecular weight excluding hydrogens is 308 g/mol. The maximum atomic E-state index is 5.89. The Morgan fingerprint density at radius 1 is 0.960 bits per heavy atom. The van der Waals surface area contributed by atoms with Crippen LogP contribution in [-0.4, -0.2) is 24.7 Å². The van der Waals surface area contributed by atoms with Crippen molar-refractivity contribution in [2.24, 2.45) is 0 Å². The van der Waals surface area contributed by atoms with Gasteiger partial charge in [0.2, 0.25) is 0 Å². The summed E-state index contributed by atoms with van der Waals surface area (Å²) in [6, 6.07) is 14.9. The summed E-state index contributed by atoms with van der Waals surface area (Å²) >= 11 is 0. The predicted octanol–water partition coefficient (Wildman–Crippen LogP) is 4.95. The minimum Gasteiger partial charge on any atom is -0.493 e. The van der Waals surface area contributed by atoms with Crippen LogP contribution in [0, 0.1) is 0 Å². The van der Waals surface area contributed by atoms with E-state index in [9.17, 15) is 0 Å². The van der Waals surface area contributed by atoms with E-state index in [1.54, 1.807) is 0 Å². The molecule has 0 unspecified atom stereocenters. The molecule has 1 aromatic heterocycles. The molecule has 0 spiro atoms. The number of aryl methyl sites for hydroxylation is 1. The molecule has 0 amide bonds. The molecule has 0 radical (unpaired) electrons. The standard InChI is InChI=1S/C22H28N2O/c1-4-19-18(14-15-23-5-2)22-17(11-9-12-20(22)24-19)16-10-7-8-13-21(16)25-6-3/h7-13,23-24H,4-6,14-15H2,1-3H3. The monoisotopic (exact) mass is 336 g/mol. The lowest BCUT2D eigenvalue weighted by atomic mass is 9.96. The summed E-state index contributed by atoms with van der Waals surface area (Å²) in [6.07, 6.45) is 2.05. The second kappa shape index (κ2) is 8.21. The molecule has 3 rings (SSSR count). The van der Waals surface area contributed by atoms with Crippen LogP contribution in [0.4, 0.5) is 0 Å². The lowest BCUT2D eigenvalue weighted by Crippen LogP contribution is -2.16. The molecule has 0 saturated heterocycles. The van der Waals surface area contributed by atoms with Gasteiger partial charge in [0.15, 0.2) is 0 Å². The summed E-state index contributed by atoms with van der Waals surface area (Å²) in [5.41, 5.74) is 6.41. The van der Waals surface area contributed by atoms with Crippen LogP contribution in [0.15, 0.2) is 42.5 Å². The zero-order valence-corrected chi connectivity index (χ0v) is 15.5. The summed E-state index contributed by atoms with van der Waals surface area (Å²) in [7, 11) is 0. The predicted molar refractivity (Wildman–Crippen MR) is 107 cm³/mol. The fourth-order valence-electron chi connectivity index (χ4n) is 3.53. The first-order valence-corrected chi connectivity index (χ1v) is 9.35. The number of fused-ring (bicyclic) bond motifs is 1. The molecule has 3 heteroatoms. The van der Waals surface area contributed by atoms with Gasteiger partial charge in [-0.05, 0) is 56.1 Å². The van der Waals surface area contributed by atoms with Gasteiger partial charge in [0.05, 0.1) is 6.61 Å². The van der Waals surface area contributed by atoms with Gasteiger partial charge in [-0.15, -0.1) is 0 Å². The summed E-state index contributed by atoms with van der Waals surface area (Å²) in [5.74, 6) is 0.953. The molecule has 0 aliphatic carbocycles. The van der Waals surface area contributed by atoms with Crippen molar-refractivity contribution < 1.29 is 4.74 Å². The van der Waals surface area contributed by atoms with Crippen molar-refractivity contribution in [3.63, 3.8) is 0 Å². The van der Waals surface area contributed by atoms with Gasteiger partial charge in [-0.3, -0.25) is 0 Å². The summed E-state index contributed by atoms with van der Waals surface area (Å²) in [6.45, 7) is 9.08. The largest absolute Gasteiger partial charge is 0.493 e. The van der Waals surface area contributed by atoms with Crippen molar-refractivity contribution in [2.45, 2.75) is 33.6 Å². The van der Waals surface area contributed by atoms with Gasteiger partial charge >= 0.3 is 0 Å². The van der Waals surface area contributed by atoms with Crippen molar-refractivity contribution in [2.75, 3.05) is 19.7 Å². The molecule has 0 fully saturated rings. The molecule has 1 heterocycles. The smallest absolute Gasteiger partial charge is 0.127 e. The van der Waals surface area contributed by atoms with Gasteiger partial charge in [0.1, 0.15) is 5.75 Å². The van der Waals surface area contributed by atoms with E-state index in [-0.39, 0.29) is 0 Å². The Morgan fingerprint density at radius 3 is 2.52 bits per heavy atom. The first kappa shape index (κ1) is 17.6. The molecule has 0 bridgehead atoms. The SMILES string of the molecule is CCNCCc1c(CC)[nH]c2cccc(-c3ccccc3OCC)c12. The van der Waals surface area contributed by atoms with Gasteiger partial charge in [-0.25, -0.2) is 0 Å². The van der Waals surface area contributed by atoms with Crippen LogP contribution in [0.3, 0.4) is 0 Å². The number of aromatic nitrogens is 1. The Labute approximate surface area is 150 Å². The van der Waals surface area contributed by atoms with Gasteiger partial charge in [-0.2, -0.15) is 0 Å². The third-order valence-electron chi connectivity index (χ3n) is 4.65. The highest BCUT2D eigenvalue weighted by Crippen LogP contribution is 2.38. The van der Waals surface area contributed by atoms with Crippen LogP contribution in [0.25, 0.3) is 22.0 Å². The average molecular weight is 336 g/mol. The minimum atomic E-state index is 0.674. The molecule has 0 aliphatic rings. The first-order chi connectivity index (χ1) is 12.3. The van der Waals surface area contributed by atoms with Crippen LogP contribution in [0.1, 0.15) is 32.0 Å². The molecule has 0 saturated carbocycles. The van der Waals surface area contributed by atoms with Crippen molar-refractivity contribution in [3.8, 4) is 16.9 Å². The van der Waals surface area contributed by atoms with Crippen molar-refractivity contribution in [1.82, 2.24) is 10.3 Å². The Morgan fingerprint density at radius 2 is 1.76 bits per heavy atom. The summed E-state index contributed by atoms with van der Waals surface area (Å²) in [5, 5.41) is 4.79. The highest BCUT2D eigenvalue weighted by Gasteiger charge is 2.16. The van der Waals surface area contributed by atoms with E-state index in [1.807, 2.05) is 13.0 Å². The van der Waals surface area contributed by atoms with Crippen LogP contribution < -0.4 is 10.1 Å². The quantitative estimate of drug-likeness (QED) is 0.571. The molecule has 3 nitrogen and oxygen atoms in total. The first-order valence-electron chi connectivity index (χ1n) is 9.35. The fraction of sp³-hybridized carbons (Fsp3) is 0.364. The molecule has 132 valence electrons. The number of hydrogen-bond acceptors (Lipinski definition) is 2. The van der Waals surface area contributed by atoms with E-state index >= 15 is 0 Å². The van der Waals surface area contributed by atoms with Crippen LogP contribution in [0.5, 0.6) is 5.75 Å². The Balaban J connectivity index is 2.17. The minimum absolute atomic E-state index is 0.674. The van der Waals surface area contributed by atoms with E-state index in [4.69, 9.17) is 4.74 Å². The highest BCUT2D eigenvalue weighted by atomic mass is 16.5. The van der Waals surface area contributed by atoms with Crippen LogP contribution in [-0.2, 0) is 12.8 Å². The molecule has 2 aromatic carbocycles. The van der Waals surface area contributed by atoms with Gasteiger partial charge in [0, 0.05) is 22.2 Å². The molecule has 0 atom stereocenters. The lowest BCUT2D eigenvalue weighted by Gasteiger charge is -2.13. The second-order valence-corrected chi connectivity index (χ2v) is 6.20. The lowest BCUT2D eigenvalue weighted by molar-refractivity contribution is 0.341. The van der Waals surface area contributed by atoms with Crippen LogP contribution >= 0.6 is 0 Å². The van der Waals surface area contributed by atoms with Crippen LogP contribution in [0.2, 0.25) is 0 Å². The number of rotatable bonds is 8. The van der Waals surface area contributed by atoms with Crippen molar-refractivity contribution in [1.29, 1.82) is 0 Å². The van der Waals surface area contributed by atoms with Gasteiger partial charge < -0.3 is 15.0 Å². The Bertz CT molecular complexity index is 835. The highest BCUT2D eigenvalue weighted by molar-refractivity contribution is 5.99. The maximum absolute atomic E-state index is 5.89. The number of benzene rings is 2. The molecule has 0 aliphatic heterocycles. The summed E-state index contributed by atoms with van der Waals surface area (Å²) in [4.78, 5) is 3.63. The number of hydrogen-bond donors (Lipinski definition) is 2. The van der Waals surface area contributed by atoms with Crippen molar-refractivity contribution in [3.05, 3.63) is 53.7 Å². The van der Waals surface area contributed by atoms with Crippen molar-refractivity contribution >= 4 is 10.9 Å². The normalized spacial score (nSPS) is 11.2. The van der Waals surface area contributed by atoms with E-state index in [0.717, 1.165) is 31.7 Å². The number of H-pyrrole nitrogens is 1. The fourth-order valence-corrected chi connectivity index (χ4v) is 3.53. The average Bonchev–Trinajstić information content (AvgIpc) is 3.01. The topological polar surface area (TPSA) is 37.0 Å². The number of ether oxygens (including phenoxy) is 1. The Hall–Kier alpha value is -2.26. The number of para-hydroxylation sites is 1. The van der Waals surface area contributed by atoms with E-state index in [1.165, 1.54) is 33.3 Å². The zero-order valence-electron chi connectivity index (χ0n) is 15.5. The Kier molecular flexibility index (Phi) is 5.77. The third kappa shape index (κ3) is 3.57. The summed E-state index contributed by atoms with van der Waals surface area (Å²) < 4.78 is 5.89. The molecular formula is C22H28N2O. The van der Waals surface area contributed by atoms with Gasteiger partial charge in [0.25, 0.3) is 0 Å². The zero-order chi connectivity index (χ0) is 17.6. The second-order valence-electron chi connectivity index (χ2n) is 6.20. The van der Waals surface area contributed by atoms with E-state index in [2.05, 4.69) is 60.5 Å². The molecule has 2 N–H and O–H groups in total. The molecule has 25 heavy (non-hydrogen) atoms. The van der Waals surface area contributed by atoms with E-state index in [0.29, 0.717) is 6.61 Å². The third-order valence-corrected chi connectivity index (χ3v) is 4.65. The number of nitrogens with one attached hydrogen (secondary N) is 2. The number of likely N-dealkylation sites (N-methyl/N-ethyl adjacent to an activating group) is 1. The van der Waals surface area contributed by atoms with E-state index < -0.39 is 0 Å². The molecule has 3 aromatic rings. The maximum Gasteiger partial charge on any atom is 0.127 e.